The Morgan fingerprint density at radius 3 is 0.742 bits per heavy atom. The maximum absolute atomic E-state index is 13.2. The third kappa shape index (κ3) is 37.8. The van der Waals surface area contributed by atoms with Gasteiger partial charge in [-0.25, -0.2) is 0 Å². The summed E-state index contributed by atoms with van der Waals surface area (Å²) in [7, 11) is 6.16. The highest BCUT2D eigenvalue weighted by Gasteiger charge is 2.57. The number of carboxylic acid groups (broad SMARTS) is 2. The van der Waals surface area contributed by atoms with Crippen LogP contribution in [0.25, 0.3) is 0 Å². The van der Waals surface area contributed by atoms with E-state index in [0.29, 0.717) is 51.4 Å². The van der Waals surface area contributed by atoms with Gasteiger partial charge in [0.25, 0.3) is 0 Å². The molecule has 23 N–H and O–H groups in total. The molecule has 0 saturated carbocycles. The molecule has 34 unspecified atom stereocenters. The summed E-state index contributed by atoms with van der Waals surface area (Å²) < 4.78 is 80.2. The number of nitrogens with zero attached hydrogens (tertiary/aromatic N) is 1. The number of esters is 2. The van der Waals surface area contributed by atoms with E-state index in [2.05, 4.69) is 48.8 Å². The first kappa shape index (κ1) is 115. The molecule has 124 heavy (non-hydrogen) atoms. The Morgan fingerprint density at radius 1 is 0.290 bits per heavy atom. The largest absolute Gasteiger partial charge is 1.00 e. The predicted octanol–water partition coefficient (Wildman–Crippen LogP) is -6.68. The number of halogens is 1. The molecule has 732 valence electrons. The predicted molar refractivity (Wildman–Crippen MR) is 425 cm³/mol. The second kappa shape index (κ2) is 60.8. The highest BCUT2D eigenvalue weighted by Crippen LogP contribution is 2.37. The molecule has 6 rings (SSSR count). The normalized spacial score (nSPS) is 35.0. The average Bonchev–Trinajstić information content (AvgIpc) is 0.777. The summed E-state index contributed by atoms with van der Waals surface area (Å²) in [6.45, 7) is 4.50. The van der Waals surface area contributed by atoms with Gasteiger partial charge in [-0.1, -0.05) is 143 Å². The summed E-state index contributed by atoms with van der Waals surface area (Å²) in [6.07, 6.45) is -37.1. The van der Waals surface area contributed by atoms with Crippen molar-refractivity contribution in [3.05, 3.63) is 0 Å². The van der Waals surface area contributed by atoms with E-state index in [-0.39, 0.29) is 44.7 Å². The van der Waals surface area contributed by atoms with E-state index in [1.807, 2.05) is 0 Å². The number of carboxylic acids is 2. The monoisotopic (exact) mass is 1830 g/mol. The number of hydrogen-bond acceptors (Lipinski definition) is 39. The lowest BCUT2D eigenvalue weighted by Crippen LogP contribution is -3.00. The van der Waals surface area contributed by atoms with Crippen LogP contribution in [0.15, 0.2) is 0 Å². The highest BCUT2D eigenvalue weighted by atomic mass is 35.5. The first-order chi connectivity index (χ1) is 58.5. The first-order valence-electron chi connectivity index (χ1n) is 43.7. The summed E-state index contributed by atoms with van der Waals surface area (Å²) in [5.74, 6) is -3.64. The van der Waals surface area contributed by atoms with E-state index in [4.69, 9.17) is 71.4 Å². The fraction of sp³-hybridized carbons (Fsp3) is 0.951. The van der Waals surface area contributed by atoms with Crippen LogP contribution in [-0.2, 0) is 85.5 Å². The number of quaternary nitrogens is 1. The fourth-order valence-electron chi connectivity index (χ4n) is 15.0. The minimum absolute atomic E-state index is 0. The Labute approximate surface area is 731 Å². The van der Waals surface area contributed by atoms with Crippen LogP contribution in [0.1, 0.15) is 207 Å². The lowest BCUT2D eigenvalue weighted by Gasteiger charge is -2.48. The maximum Gasteiger partial charge on any atom is 0.308 e. The molecule has 0 aromatic rings. The minimum atomic E-state index is -1.99. The molecule has 0 aromatic carbocycles. The molecule has 6 aliphatic heterocycles. The van der Waals surface area contributed by atoms with Gasteiger partial charge < -0.3 is 201 Å². The third-order valence-corrected chi connectivity index (χ3v) is 22.3. The van der Waals surface area contributed by atoms with Gasteiger partial charge in [0.1, 0.15) is 165 Å². The van der Waals surface area contributed by atoms with Crippen molar-refractivity contribution in [1.82, 2.24) is 0 Å². The van der Waals surface area contributed by atoms with Crippen LogP contribution < -0.4 is 12.4 Å². The van der Waals surface area contributed by atoms with Gasteiger partial charge in [-0.05, 0) is 38.5 Å². The van der Waals surface area contributed by atoms with Gasteiger partial charge in [-0.15, -0.1) is 0 Å². The van der Waals surface area contributed by atoms with Crippen LogP contribution in [0.2, 0.25) is 0 Å². The molecule has 6 heterocycles. The molecular formula is C81H150ClNO41. The zero-order valence-corrected chi connectivity index (χ0v) is 73.3. The molecule has 0 aliphatic carbocycles. The smallest absolute Gasteiger partial charge is 0.308 e. The minimum Gasteiger partial charge on any atom is -1.00 e. The van der Waals surface area contributed by atoms with Crippen molar-refractivity contribution in [2.24, 2.45) is 0 Å². The Balaban J connectivity index is 0.000000589. The summed E-state index contributed by atoms with van der Waals surface area (Å²) in [4.78, 5) is 49.4. The van der Waals surface area contributed by atoms with E-state index >= 15 is 0 Å². The van der Waals surface area contributed by atoms with E-state index in [9.17, 15) is 132 Å². The molecule has 0 spiro atoms. The zero-order chi connectivity index (χ0) is 91.8. The second-order valence-electron chi connectivity index (χ2n) is 33.5. The number of carbonyl (C=O) groups is 4. The van der Waals surface area contributed by atoms with Crippen molar-refractivity contribution in [2.45, 2.75) is 416 Å². The van der Waals surface area contributed by atoms with E-state index in [1.54, 1.807) is 0 Å². The molecular weight excluding hydrogens is 1680 g/mol. The van der Waals surface area contributed by atoms with Crippen molar-refractivity contribution in [2.75, 3.05) is 73.9 Å². The maximum atomic E-state index is 13.2. The van der Waals surface area contributed by atoms with Crippen LogP contribution in [-0.4, -0.2) is 428 Å². The molecule has 0 aromatic heterocycles. The molecule has 0 radical (unpaired) electrons. The second-order valence-corrected chi connectivity index (χ2v) is 33.5. The van der Waals surface area contributed by atoms with Gasteiger partial charge in [0, 0.05) is 0 Å². The number of ether oxygens (including phenoxy) is 14. The number of carbonyl (C=O) groups excluding carboxylic acids is 2. The Bertz CT molecular complexity index is 2650. The summed E-state index contributed by atoms with van der Waals surface area (Å²) in [5.41, 5.74) is 0. The van der Waals surface area contributed by atoms with Gasteiger partial charge in [-0.2, -0.15) is 0 Å². The number of rotatable bonds is 54. The highest BCUT2D eigenvalue weighted by molar-refractivity contribution is 5.72. The molecule has 6 aliphatic rings. The Morgan fingerprint density at radius 2 is 0.516 bits per heavy atom. The van der Waals surface area contributed by atoms with E-state index in [0.717, 1.165) is 114 Å². The summed E-state index contributed by atoms with van der Waals surface area (Å²) >= 11 is 0. The van der Waals surface area contributed by atoms with Crippen molar-refractivity contribution < 1.29 is 220 Å². The number of aliphatic carboxylic acids is 2. The number of hydrogen-bond donors (Lipinski definition) is 23. The van der Waals surface area contributed by atoms with E-state index < -0.39 is 272 Å². The van der Waals surface area contributed by atoms with Crippen LogP contribution in [0.5, 0.6) is 0 Å². The van der Waals surface area contributed by atoms with Crippen LogP contribution in [0.3, 0.4) is 0 Å². The number of aliphatic hydroxyl groups is 21. The number of likely N-dealkylation sites (N-methyl/N-ethyl adjacent to an activating group) is 1. The Kier molecular flexibility index (Phi) is 56.4. The van der Waals surface area contributed by atoms with Gasteiger partial charge in [0.05, 0.1) is 105 Å². The van der Waals surface area contributed by atoms with Crippen LogP contribution in [0, 0.1) is 0 Å². The van der Waals surface area contributed by atoms with Crippen LogP contribution in [0.4, 0.5) is 0 Å². The molecule has 34 atom stereocenters. The Hall–Kier alpha value is -3.19. The lowest BCUT2D eigenvalue weighted by atomic mass is 9.96. The van der Waals surface area contributed by atoms with Crippen molar-refractivity contribution in [3.63, 3.8) is 0 Å². The summed E-state index contributed by atoms with van der Waals surface area (Å²) in [5, 5.41) is 237. The van der Waals surface area contributed by atoms with Crippen molar-refractivity contribution >= 4 is 23.9 Å². The zero-order valence-electron chi connectivity index (χ0n) is 72.5. The first-order valence-corrected chi connectivity index (χ1v) is 43.7. The molecule has 6 saturated heterocycles. The quantitative estimate of drug-likeness (QED) is 0.0153. The number of unbranched alkanes of at least 4 members (excludes halogenated alkanes) is 16. The van der Waals surface area contributed by atoms with Crippen LogP contribution >= 0.6 is 0 Å². The van der Waals surface area contributed by atoms with E-state index in [1.165, 1.54) is 0 Å². The van der Waals surface area contributed by atoms with Gasteiger partial charge in [0.2, 0.25) is 0 Å². The SMILES string of the molecule is CCCCCCCC(CC(=O)O)OC(=O)CC(CCCCCCC)OC1OC(CO)C(OC2OC(CO)C(OC3OC(CO)C(O)C(O)C3O)C(O)C2O)C(O)C1O.CCCCCCCC(CC(=O)O)OC(=O)CC(CCCCCCC)OC1OC(CO)C(OC2OC(CO)C(OC3OC(CO)C(O)C(O)C3O)C(O)C2O)C(O)C1O.C[N+](C)(C)CCO.[Cl-]. The molecule has 6 fully saturated rings. The fourth-order valence-corrected chi connectivity index (χ4v) is 15.0. The molecule has 0 bridgehead atoms. The number of aliphatic hydroxyl groups excluding tert-OH is 21. The third-order valence-electron chi connectivity index (χ3n) is 22.3. The topological polar surface area (TPSA) is 663 Å². The average molecular weight is 1830 g/mol. The standard InChI is InChI=1S/2C38H68O20.C5H14NO.ClH/c2*1-3-5-7-9-11-13-20(15-25(42)43)52-26(44)16-21(14-12-10-8-6-4-2)53-36-32(50)29(47)34(23(18-40)55-36)58-38-33(51)30(48)35(24(19-41)56-38)57-37-31(49)28(46)27(45)22(17-39)54-37;1-6(2,3)4-5-7;/h2*20-24,27-41,45-51H,3-19H2,1-2H3,(H,42,43);7H,4-5H2,1-3H3;1H/q;;+1;/p-1. The summed E-state index contributed by atoms with van der Waals surface area (Å²) in [6, 6.07) is 0. The van der Waals surface area contributed by atoms with Gasteiger partial charge >= 0.3 is 23.9 Å². The molecule has 42 nitrogen and oxygen atoms in total. The van der Waals surface area contributed by atoms with Gasteiger partial charge in [0.15, 0.2) is 37.7 Å². The van der Waals surface area contributed by atoms with Crippen molar-refractivity contribution in [1.29, 1.82) is 0 Å². The molecule has 43 heteroatoms. The lowest BCUT2D eigenvalue weighted by molar-refractivity contribution is -0.870. The van der Waals surface area contributed by atoms with Crippen molar-refractivity contribution in [3.8, 4) is 0 Å². The molecule has 0 amide bonds. The van der Waals surface area contributed by atoms with Gasteiger partial charge in [-0.3, -0.25) is 19.2 Å².